The van der Waals surface area contributed by atoms with Crippen LogP contribution in [0.2, 0.25) is 0 Å². The van der Waals surface area contributed by atoms with Gasteiger partial charge in [0.05, 0.1) is 19.3 Å². The lowest BCUT2D eigenvalue weighted by molar-refractivity contribution is 0.170. The minimum atomic E-state index is 0.103. The van der Waals surface area contributed by atoms with Crippen molar-refractivity contribution < 1.29 is 9.47 Å². The Morgan fingerprint density at radius 2 is 2.00 bits per heavy atom. The fourth-order valence-electron chi connectivity index (χ4n) is 1.44. The molecule has 0 aromatic carbocycles. The third-order valence-electron chi connectivity index (χ3n) is 2.53. The molecule has 1 aromatic heterocycles. The Hall–Kier alpha value is -1.63. The standard InChI is InChI=1S/C12H23N5O2/c1-5-6-19-12-16-10(13)15-11(17-12)14-9(7-18-4)8(2)3/h8-9H,5-7H2,1-4H3,(H3,13,14,15,16,17). The van der Waals surface area contributed by atoms with E-state index in [4.69, 9.17) is 15.2 Å². The first kappa shape index (κ1) is 15.4. The zero-order chi connectivity index (χ0) is 14.3. The van der Waals surface area contributed by atoms with Crippen molar-refractivity contribution in [3.05, 3.63) is 0 Å². The molecule has 0 saturated heterocycles. The van der Waals surface area contributed by atoms with E-state index in [1.165, 1.54) is 0 Å². The SMILES string of the molecule is CCCOc1nc(N)nc(NC(COC)C(C)C)n1. The highest BCUT2D eigenvalue weighted by Gasteiger charge is 2.15. The van der Waals surface area contributed by atoms with Gasteiger partial charge in [-0.2, -0.15) is 15.0 Å². The minimum absolute atomic E-state index is 0.103. The first-order valence-corrected chi connectivity index (χ1v) is 6.46. The maximum atomic E-state index is 5.64. The zero-order valence-electron chi connectivity index (χ0n) is 12.0. The van der Waals surface area contributed by atoms with Crippen molar-refractivity contribution in [2.75, 3.05) is 31.4 Å². The van der Waals surface area contributed by atoms with Crippen LogP contribution >= 0.6 is 0 Å². The maximum Gasteiger partial charge on any atom is 0.323 e. The van der Waals surface area contributed by atoms with Gasteiger partial charge >= 0.3 is 6.01 Å². The molecule has 1 heterocycles. The molecule has 0 amide bonds. The Labute approximate surface area is 113 Å². The molecular formula is C12H23N5O2. The molecule has 19 heavy (non-hydrogen) atoms. The number of nitrogen functional groups attached to an aromatic ring is 1. The van der Waals surface area contributed by atoms with Crippen LogP contribution < -0.4 is 15.8 Å². The number of hydrogen-bond acceptors (Lipinski definition) is 7. The van der Waals surface area contributed by atoms with Crippen molar-refractivity contribution in [1.29, 1.82) is 0 Å². The van der Waals surface area contributed by atoms with E-state index in [2.05, 4.69) is 34.1 Å². The fourth-order valence-corrected chi connectivity index (χ4v) is 1.44. The first-order chi connectivity index (χ1) is 9.06. The van der Waals surface area contributed by atoms with E-state index < -0.39 is 0 Å². The van der Waals surface area contributed by atoms with Crippen molar-refractivity contribution in [3.63, 3.8) is 0 Å². The lowest BCUT2D eigenvalue weighted by Gasteiger charge is -2.21. The highest BCUT2D eigenvalue weighted by molar-refractivity contribution is 5.33. The van der Waals surface area contributed by atoms with E-state index in [1.54, 1.807) is 7.11 Å². The molecule has 108 valence electrons. The molecule has 0 fully saturated rings. The summed E-state index contributed by atoms with van der Waals surface area (Å²) in [5.74, 6) is 0.927. The Morgan fingerprint density at radius 3 is 2.58 bits per heavy atom. The monoisotopic (exact) mass is 269 g/mol. The molecule has 0 spiro atoms. The Bertz CT molecular complexity index is 386. The molecule has 3 N–H and O–H groups in total. The van der Waals surface area contributed by atoms with Crippen LogP contribution in [0, 0.1) is 5.92 Å². The van der Waals surface area contributed by atoms with E-state index in [-0.39, 0.29) is 18.0 Å². The predicted octanol–water partition coefficient (Wildman–Crippen LogP) is 1.33. The van der Waals surface area contributed by atoms with Crippen LogP contribution in [0.5, 0.6) is 6.01 Å². The van der Waals surface area contributed by atoms with Gasteiger partial charge in [0.2, 0.25) is 11.9 Å². The highest BCUT2D eigenvalue weighted by atomic mass is 16.5. The summed E-state index contributed by atoms with van der Waals surface area (Å²) < 4.78 is 10.5. The molecule has 1 rings (SSSR count). The van der Waals surface area contributed by atoms with E-state index in [9.17, 15) is 0 Å². The zero-order valence-corrected chi connectivity index (χ0v) is 12.0. The third kappa shape index (κ3) is 5.25. The summed E-state index contributed by atoms with van der Waals surface area (Å²) in [6.45, 7) is 7.31. The summed E-state index contributed by atoms with van der Waals surface area (Å²) in [6, 6.07) is 0.350. The van der Waals surface area contributed by atoms with Crippen LogP contribution in [0.3, 0.4) is 0 Å². The molecule has 1 atom stereocenters. The Balaban J connectivity index is 2.78. The van der Waals surface area contributed by atoms with Crippen LogP contribution in [0.1, 0.15) is 27.2 Å². The predicted molar refractivity (Wildman–Crippen MR) is 74.2 cm³/mol. The van der Waals surface area contributed by atoms with Gasteiger partial charge in [-0.1, -0.05) is 20.8 Å². The number of anilines is 2. The number of aromatic nitrogens is 3. The molecule has 7 heteroatoms. The summed E-state index contributed by atoms with van der Waals surface area (Å²) in [6.07, 6.45) is 0.882. The third-order valence-corrected chi connectivity index (χ3v) is 2.53. The van der Waals surface area contributed by atoms with Crippen LogP contribution in [0.4, 0.5) is 11.9 Å². The summed E-state index contributed by atoms with van der Waals surface area (Å²) in [5.41, 5.74) is 5.64. The van der Waals surface area contributed by atoms with Gasteiger partial charge in [0.1, 0.15) is 0 Å². The second-order valence-electron chi connectivity index (χ2n) is 4.60. The normalized spacial score (nSPS) is 12.5. The largest absolute Gasteiger partial charge is 0.463 e. The van der Waals surface area contributed by atoms with Gasteiger partial charge in [-0.05, 0) is 12.3 Å². The summed E-state index contributed by atoms with van der Waals surface area (Å²) >= 11 is 0. The second kappa shape index (κ2) is 7.73. The molecule has 0 aliphatic carbocycles. The smallest absolute Gasteiger partial charge is 0.323 e. The maximum absolute atomic E-state index is 5.64. The molecule has 0 radical (unpaired) electrons. The molecular weight excluding hydrogens is 246 g/mol. The molecule has 1 unspecified atom stereocenters. The van der Waals surface area contributed by atoms with Crippen molar-refractivity contribution in [1.82, 2.24) is 15.0 Å². The quantitative estimate of drug-likeness (QED) is 0.735. The van der Waals surface area contributed by atoms with Crippen LogP contribution in [0.15, 0.2) is 0 Å². The summed E-state index contributed by atoms with van der Waals surface area (Å²) in [5, 5.41) is 3.19. The van der Waals surface area contributed by atoms with Crippen molar-refractivity contribution in [3.8, 4) is 6.01 Å². The molecule has 7 nitrogen and oxygen atoms in total. The Kier molecular flexibility index (Phi) is 6.27. The fraction of sp³-hybridized carbons (Fsp3) is 0.750. The topological polar surface area (TPSA) is 95.2 Å². The van der Waals surface area contributed by atoms with Gasteiger partial charge in [0, 0.05) is 7.11 Å². The molecule has 0 saturated carbocycles. The van der Waals surface area contributed by atoms with Crippen LogP contribution in [-0.2, 0) is 4.74 Å². The number of ether oxygens (including phenoxy) is 2. The van der Waals surface area contributed by atoms with Gasteiger partial charge < -0.3 is 20.5 Å². The number of rotatable bonds is 8. The number of nitrogens with two attached hydrogens (primary N) is 1. The van der Waals surface area contributed by atoms with Crippen LogP contribution in [0.25, 0.3) is 0 Å². The van der Waals surface area contributed by atoms with Gasteiger partial charge in [0.15, 0.2) is 0 Å². The first-order valence-electron chi connectivity index (χ1n) is 6.46. The number of hydrogen-bond donors (Lipinski definition) is 2. The van der Waals surface area contributed by atoms with E-state index in [1.807, 2.05) is 6.92 Å². The average Bonchev–Trinajstić information content (AvgIpc) is 2.35. The van der Waals surface area contributed by atoms with Gasteiger partial charge in [-0.15, -0.1) is 0 Å². The molecule has 1 aromatic rings. The van der Waals surface area contributed by atoms with Gasteiger partial charge in [-0.3, -0.25) is 0 Å². The molecule has 0 bridgehead atoms. The van der Waals surface area contributed by atoms with E-state index in [0.29, 0.717) is 25.1 Å². The summed E-state index contributed by atoms with van der Waals surface area (Å²) in [7, 11) is 1.66. The number of nitrogens with zero attached hydrogens (tertiary/aromatic N) is 3. The molecule has 0 aliphatic heterocycles. The van der Waals surface area contributed by atoms with Crippen LogP contribution in [-0.4, -0.2) is 41.3 Å². The van der Waals surface area contributed by atoms with E-state index in [0.717, 1.165) is 6.42 Å². The minimum Gasteiger partial charge on any atom is -0.463 e. The molecule has 0 aliphatic rings. The lowest BCUT2D eigenvalue weighted by Crippen LogP contribution is -2.31. The highest BCUT2D eigenvalue weighted by Crippen LogP contribution is 2.13. The average molecular weight is 269 g/mol. The van der Waals surface area contributed by atoms with Crippen molar-refractivity contribution in [2.24, 2.45) is 5.92 Å². The van der Waals surface area contributed by atoms with E-state index >= 15 is 0 Å². The Morgan fingerprint density at radius 1 is 1.26 bits per heavy atom. The van der Waals surface area contributed by atoms with Crippen molar-refractivity contribution >= 4 is 11.9 Å². The summed E-state index contributed by atoms with van der Waals surface area (Å²) in [4.78, 5) is 12.2. The number of methoxy groups -OCH3 is 1. The lowest BCUT2D eigenvalue weighted by atomic mass is 10.1. The number of nitrogens with one attached hydrogen (secondary N) is 1. The van der Waals surface area contributed by atoms with Gasteiger partial charge in [0.25, 0.3) is 0 Å². The van der Waals surface area contributed by atoms with Gasteiger partial charge in [-0.25, -0.2) is 0 Å². The second-order valence-corrected chi connectivity index (χ2v) is 4.60. The van der Waals surface area contributed by atoms with Crippen molar-refractivity contribution in [2.45, 2.75) is 33.2 Å².